The maximum Gasteiger partial charge on any atom is 0.147 e. The van der Waals surface area contributed by atoms with E-state index in [0.717, 1.165) is 31.2 Å². The highest BCUT2D eigenvalue weighted by atomic mass is 16.5. The highest BCUT2D eigenvalue weighted by Crippen LogP contribution is 2.32. The van der Waals surface area contributed by atoms with Gasteiger partial charge in [-0.15, -0.1) is 0 Å². The van der Waals surface area contributed by atoms with Crippen molar-refractivity contribution in [3.05, 3.63) is 48.4 Å². The van der Waals surface area contributed by atoms with Gasteiger partial charge in [0, 0.05) is 37.6 Å². The van der Waals surface area contributed by atoms with Crippen LogP contribution in [0.2, 0.25) is 0 Å². The number of aromatic nitrogens is 2. The van der Waals surface area contributed by atoms with Crippen LogP contribution in [0.3, 0.4) is 0 Å². The number of piperazine rings is 1. The first-order valence-electron chi connectivity index (χ1n) is 7.13. The molecular weight excluding hydrogens is 264 g/mol. The number of likely N-dealkylation sites (N-methyl/N-ethyl adjacent to an activating group) is 1. The van der Waals surface area contributed by atoms with E-state index in [1.165, 1.54) is 5.56 Å². The van der Waals surface area contributed by atoms with Gasteiger partial charge in [-0.3, -0.25) is 9.88 Å². The number of ether oxygens (including phenoxy) is 1. The molecule has 1 aromatic carbocycles. The number of hydrogen-bond acceptors (Lipinski definition) is 5. The lowest BCUT2D eigenvalue weighted by molar-refractivity contribution is 0.216. The zero-order valence-electron chi connectivity index (χ0n) is 12.4. The van der Waals surface area contributed by atoms with Gasteiger partial charge < -0.3 is 9.64 Å². The SMILES string of the molecule is COc1ccccc1[C@@H]1CN(c2cnccn2)CCN1C. The second-order valence-electron chi connectivity index (χ2n) is 5.25. The fourth-order valence-corrected chi connectivity index (χ4v) is 2.81. The smallest absolute Gasteiger partial charge is 0.147 e. The van der Waals surface area contributed by atoms with Gasteiger partial charge in [0.25, 0.3) is 0 Å². The molecule has 0 saturated carbocycles. The molecule has 0 unspecified atom stereocenters. The lowest BCUT2D eigenvalue weighted by atomic mass is 10.0. The monoisotopic (exact) mass is 284 g/mol. The van der Waals surface area contributed by atoms with E-state index in [1.807, 2.05) is 18.3 Å². The van der Waals surface area contributed by atoms with Crippen LogP contribution < -0.4 is 9.64 Å². The summed E-state index contributed by atoms with van der Waals surface area (Å²) in [7, 11) is 3.88. The Hall–Kier alpha value is -2.14. The van der Waals surface area contributed by atoms with E-state index >= 15 is 0 Å². The predicted molar refractivity (Wildman–Crippen MR) is 82.6 cm³/mol. The van der Waals surface area contributed by atoms with E-state index in [0.29, 0.717) is 0 Å². The predicted octanol–water partition coefficient (Wildman–Crippen LogP) is 1.98. The summed E-state index contributed by atoms with van der Waals surface area (Å²) in [6.45, 7) is 2.83. The Labute approximate surface area is 125 Å². The molecule has 1 fully saturated rings. The number of nitrogens with zero attached hydrogens (tertiary/aromatic N) is 4. The molecule has 1 saturated heterocycles. The highest BCUT2D eigenvalue weighted by Gasteiger charge is 2.28. The molecule has 0 N–H and O–H groups in total. The van der Waals surface area contributed by atoms with Gasteiger partial charge >= 0.3 is 0 Å². The number of benzene rings is 1. The van der Waals surface area contributed by atoms with Gasteiger partial charge in [0.1, 0.15) is 11.6 Å². The summed E-state index contributed by atoms with van der Waals surface area (Å²) in [6, 6.07) is 8.51. The van der Waals surface area contributed by atoms with Gasteiger partial charge in [0.05, 0.1) is 19.3 Å². The third-order valence-corrected chi connectivity index (χ3v) is 4.02. The molecule has 0 bridgehead atoms. The fourth-order valence-electron chi connectivity index (χ4n) is 2.81. The molecule has 5 heteroatoms. The molecule has 3 rings (SSSR count). The van der Waals surface area contributed by atoms with E-state index in [-0.39, 0.29) is 6.04 Å². The maximum atomic E-state index is 5.51. The molecule has 0 radical (unpaired) electrons. The first-order chi connectivity index (χ1) is 10.3. The number of methoxy groups -OCH3 is 1. The van der Waals surface area contributed by atoms with Crippen molar-refractivity contribution in [2.24, 2.45) is 0 Å². The maximum absolute atomic E-state index is 5.51. The summed E-state index contributed by atoms with van der Waals surface area (Å²) >= 11 is 0. The molecule has 1 aliphatic rings. The summed E-state index contributed by atoms with van der Waals surface area (Å²) in [4.78, 5) is 13.2. The van der Waals surface area contributed by atoms with Crippen LogP contribution in [0.4, 0.5) is 5.82 Å². The number of anilines is 1. The first-order valence-corrected chi connectivity index (χ1v) is 7.13. The van der Waals surface area contributed by atoms with Crippen LogP contribution in [0.5, 0.6) is 5.75 Å². The van der Waals surface area contributed by atoms with Crippen molar-refractivity contribution in [2.75, 3.05) is 38.7 Å². The lowest BCUT2D eigenvalue weighted by Crippen LogP contribution is -2.47. The first kappa shape index (κ1) is 13.8. The average Bonchev–Trinajstić information content (AvgIpc) is 2.56. The van der Waals surface area contributed by atoms with Gasteiger partial charge in [-0.05, 0) is 13.1 Å². The minimum absolute atomic E-state index is 0.289. The molecule has 2 heterocycles. The van der Waals surface area contributed by atoms with E-state index in [9.17, 15) is 0 Å². The van der Waals surface area contributed by atoms with Crippen LogP contribution in [0.1, 0.15) is 11.6 Å². The summed E-state index contributed by atoms with van der Waals surface area (Å²) in [6.07, 6.45) is 5.27. The summed E-state index contributed by atoms with van der Waals surface area (Å²) in [5, 5.41) is 0. The Morgan fingerprint density at radius 2 is 2.05 bits per heavy atom. The molecule has 21 heavy (non-hydrogen) atoms. The van der Waals surface area contributed by atoms with Gasteiger partial charge in [0.15, 0.2) is 0 Å². The van der Waals surface area contributed by atoms with E-state index < -0.39 is 0 Å². The van der Waals surface area contributed by atoms with Crippen molar-refractivity contribution in [2.45, 2.75) is 6.04 Å². The third kappa shape index (κ3) is 2.83. The quantitative estimate of drug-likeness (QED) is 0.862. The zero-order valence-corrected chi connectivity index (χ0v) is 12.4. The van der Waals surface area contributed by atoms with Gasteiger partial charge in [-0.1, -0.05) is 18.2 Å². The summed E-state index contributed by atoms with van der Waals surface area (Å²) in [5.74, 6) is 1.88. The second kappa shape index (κ2) is 6.10. The molecular formula is C16H20N4O. The Kier molecular flexibility index (Phi) is 4.01. The topological polar surface area (TPSA) is 41.5 Å². The van der Waals surface area contributed by atoms with Crippen molar-refractivity contribution < 1.29 is 4.74 Å². The van der Waals surface area contributed by atoms with E-state index in [1.54, 1.807) is 19.5 Å². The van der Waals surface area contributed by atoms with Gasteiger partial charge in [-0.2, -0.15) is 0 Å². The van der Waals surface area contributed by atoms with Crippen molar-refractivity contribution >= 4 is 5.82 Å². The second-order valence-corrected chi connectivity index (χ2v) is 5.25. The van der Waals surface area contributed by atoms with Crippen LogP contribution in [-0.2, 0) is 0 Å². The molecule has 5 nitrogen and oxygen atoms in total. The highest BCUT2D eigenvalue weighted by molar-refractivity contribution is 5.41. The zero-order chi connectivity index (χ0) is 14.7. The average molecular weight is 284 g/mol. The van der Waals surface area contributed by atoms with Crippen molar-refractivity contribution in [3.8, 4) is 5.75 Å². The third-order valence-electron chi connectivity index (χ3n) is 4.02. The van der Waals surface area contributed by atoms with Crippen LogP contribution in [0.25, 0.3) is 0 Å². The van der Waals surface area contributed by atoms with Crippen LogP contribution in [-0.4, -0.2) is 48.7 Å². The molecule has 1 atom stereocenters. The Morgan fingerprint density at radius 3 is 2.81 bits per heavy atom. The van der Waals surface area contributed by atoms with Crippen LogP contribution in [0, 0.1) is 0 Å². The molecule has 0 spiro atoms. The van der Waals surface area contributed by atoms with Crippen LogP contribution in [0.15, 0.2) is 42.9 Å². The Balaban J connectivity index is 1.87. The number of rotatable bonds is 3. The van der Waals surface area contributed by atoms with Crippen LogP contribution >= 0.6 is 0 Å². The molecule has 0 aliphatic carbocycles. The molecule has 1 aliphatic heterocycles. The van der Waals surface area contributed by atoms with E-state index in [4.69, 9.17) is 4.74 Å². The lowest BCUT2D eigenvalue weighted by Gasteiger charge is -2.40. The van der Waals surface area contributed by atoms with Crippen molar-refractivity contribution in [3.63, 3.8) is 0 Å². The van der Waals surface area contributed by atoms with Gasteiger partial charge in [0.2, 0.25) is 0 Å². The number of hydrogen-bond donors (Lipinski definition) is 0. The molecule has 110 valence electrons. The summed E-state index contributed by atoms with van der Waals surface area (Å²) in [5.41, 5.74) is 1.22. The largest absolute Gasteiger partial charge is 0.496 e. The fraction of sp³-hybridized carbons (Fsp3) is 0.375. The van der Waals surface area contributed by atoms with Gasteiger partial charge in [-0.25, -0.2) is 4.98 Å². The Morgan fingerprint density at radius 1 is 1.19 bits per heavy atom. The standard InChI is InChI=1S/C16H20N4O/c1-19-9-10-20(16-11-17-7-8-18-16)12-14(19)13-5-3-4-6-15(13)21-2/h3-8,11,14H,9-10,12H2,1-2H3/t14-/m0/s1. The molecule has 0 amide bonds. The van der Waals surface area contributed by atoms with Crippen molar-refractivity contribution in [1.82, 2.24) is 14.9 Å². The summed E-state index contributed by atoms with van der Waals surface area (Å²) < 4.78 is 5.51. The minimum atomic E-state index is 0.289. The Bertz CT molecular complexity index is 590. The minimum Gasteiger partial charge on any atom is -0.496 e. The number of para-hydroxylation sites is 1. The van der Waals surface area contributed by atoms with Crippen molar-refractivity contribution in [1.29, 1.82) is 0 Å². The molecule has 1 aromatic heterocycles. The molecule has 2 aromatic rings. The van der Waals surface area contributed by atoms with E-state index in [2.05, 4.69) is 38.9 Å². The normalized spacial score (nSPS) is 19.5.